The van der Waals surface area contributed by atoms with Crippen LogP contribution in [0, 0.1) is 0 Å². The molecule has 0 atom stereocenters. The number of carbonyl (C=O) groups is 2. The molecule has 0 amide bonds. The molecule has 4 aromatic carbocycles. The van der Waals surface area contributed by atoms with E-state index >= 15 is 0 Å². The van der Waals surface area contributed by atoms with Crippen molar-refractivity contribution < 1.29 is 24.2 Å². The van der Waals surface area contributed by atoms with Crippen LogP contribution in [0.25, 0.3) is 21.7 Å². The topological polar surface area (TPSA) is 77.8 Å². The van der Waals surface area contributed by atoms with E-state index in [1.165, 1.54) is 19.4 Å². The minimum atomic E-state index is -1.30. The highest BCUT2D eigenvalue weighted by Gasteiger charge is 2.29. The lowest BCUT2D eigenvalue weighted by atomic mass is 9.95. The normalized spacial score (nSPS) is 11.6. The van der Waals surface area contributed by atoms with E-state index in [0.717, 1.165) is 53.2 Å². The van der Waals surface area contributed by atoms with Gasteiger partial charge in [0.15, 0.2) is 11.4 Å². The molecule has 5 rings (SSSR count). The zero-order chi connectivity index (χ0) is 29.0. The van der Waals surface area contributed by atoms with Gasteiger partial charge in [0.1, 0.15) is 11.5 Å². The van der Waals surface area contributed by atoms with Gasteiger partial charge in [-0.15, -0.1) is 0 Å². The highest BCUT2D eigenvalue weighted by molar-refractivity contribution is 6.10. The first-order valence-corrected chi connectivity index (χ1v) is 14.1. The number of fused-ring (bicyclic) bond motifs is 2. The summed E-state index contributed by atoms with van der Waals surface area (Å²) in [7, 11) is 0. The van der Waals surface area contributed by atoms with Crippen molar-refractivity contribution in [2.75, 3.05) is 6.61 Å². The van der Waals surface area contributed by atoms with Crippen LogP contribution in [0.2, 0.25) is 0 Å². The first-order valence-electron chi connectivity index (χ1n) is 14.1. The standard InChI is InChI=1S/C35H35NO5/c1-4-9-30-29-15-12-27(33(37)24-10-6-5-7-11-24)22-25(29)13-17-32(30)40-21-8-19-36-20-18-26-23-28(14-16-31(26)36)41-35(2,3)34(38)39/h5-7,10-18,20,22-23H,4,8-9,19,21H2,1-3H3,(H,38,39). The number of aliphatic carboxylic acids is 1. The molecule has 41 heavy (non-hydrogen) atoms. The van der Waals surface area contributed by atoms with E-state index in [1.54, 1.807) is 0 Å². The van der Waals surface area contributed by atoms with E-state index in [1.807, 2.05) is 91.1 Å². The van der Waals surface area contributed by atoms with Gasteiger partial charge in [-0.1, -0.05) is 61.9 Å². The van der Waals surface area contributed by atoms with Gasteiger partial charge in [0, 0.05) is 40.3 Å². The van der Waals surface area contributed by atoms with Crippen molar-refractivity contribution in [2.45, 2.75) is 52.2 Å². The quantitative estimate of drug-likeness (QED) is 0.128. The Morgan fingerprint density at radius 2 is 1.68 bits per heavy atom. The van der Waals surface area contributed by atoms with Crippen LogP contribution >= 0.6 is 0 Å². The molecule has 1 heterocycles. The maximum absolute atomic E-state index is 13.0. The smallest absolute Gasteiger partial charge is 0.347 e. The molecule has 0 saturated carbocycles. The van der Waals surface area contributed by atoms with Gasteiger partial charge < -0.3 is 19.1 Å². The molecule has 0 aliphatic heterocycles. The highest BCUT2D eigenvalue weighted by atomic mass is 16.5. The van der Waals surface area contributed by atoms with E-state index in [-0.39, 0.29) is 5.78 Å². The maximum atomic E-state index is 13.0. The Morgan fingerprint density at radius 1 is 0.878 bits per heavy atom. The summed E-state index contributed by atoms with van der Waals surface area (Å²) in [6.07, 6.45) is 4.74. The number of ether oxygens (including phenoxy) is 2. The van der Waals surface area contributed by atoms with Gasteiger partial charge >= 0.3 is 5.97 Å². The molecule has 0 aliphatic carbocycles. The third kappa shape index (κ3) is 6.12. The number of ketones is 1. The first kappa shape index (κ1) is 28.0. The minimum Gasteiger partial charge on any atom is -0.493 e. The predicted molar refractivity (Wildman–Crippen MR) is 162 cm³/mol. The van der Waals surface area contributed by atoms with Gasteiger partial charge in [0.05, 0.1) is 6.61 Å². The highest BCUT2D eigenvalue weighted by Crippen LogP contribution is 2.31. The number of carboxylic acids is 1. The molecule has 6 nitrogen and oxygen atoms in total. The summed E-state index contributed by atoms with van der Waals surface area (Å²) in [6, 6.07) is 27.0. The average Bonchev–Trinajstić information content (AvgIpc) is 3.37. The van der Waals surface area contributed by atoms with Gasteiger partial charge in [-0.3, -0.25) is 4.79 Å². The predicted octanol–water partition coefficient (Wildman–Crippen LogP) is 7.69. The van der Waals surface area contributed by atoms with E-state index in [9.17, 15) is 14.7 Å². The number of nitrogens with zero attached hydrogens (tertiary/aromatic N) is 1. The van der Waals surface area contributed by atoms with E-state index in [2.05, 4.69) is 11.5 Å². The SMILES string of the molecule is CCCc1c(OCCCn2ccc3cc(OC(C)(C)C(=O)O)ccc32)ccc2cc(C(=O)c3ccccc3)ccc12. The summed E-state index contributed by atoms with van der Waals surface area (Å²) in [6.45, 7) is 6.59. The average molecular weight is 550 g/mol. The minimum absolute atomic E-state index is 0.0234. The van der Waals surface area contributed by atoms with Crippen LogP contribution in [0.5, 0.6) is 11.5 Å². The molecular formula is C35H35NO5. The van der Waals surface area contributed by atoms with Crippen LogP contribution in [-0.4, -0.2) is 33.6 Å². The van der Waals surface area contributed by atoms with Crippen molar-refractivity contribution >= 4 is 33.4 Å². The molecule has 0 fully saturated rings. The number of hydrogen-bond acceptors (Lipinski definition) is 4. The van der Waals surface area contributed by atoms with E-state index < -0.39 is 11.6 Å². The number of rotatable bonds is 12. The monoisotopic (exact) mass is 549 g/mol. The number of aromatic nitrogens is 1. The van der Waals surface area contributed by atoms with Crippen LogP contribution < -0.4 is 9.47 Å². The molecule has 0 unspecified atom stereocenters. The molecule has 0 aliphatic rings. The molecule has 0 radical (unpaired) electrons. The Morgan fingerprint density at radius 3 is 2.44 bits per heavy atom. The van der Waals surface area contributed by atoms with E-state index in [4.69, 9.17) is 9.47 Å². The zero-order valence-corrected chi connectivity index (χ0v) is 23.7. The van der Waals surface area contributed by atoms with Crippen LogP contribution in [0.15, 0.2) is 91.1 Å². The summed E-state index contributed by atoms with van der Waals surface area (Å²) in [5.41, 5.74) is 2.31. The molecule has 1 aromatic heterocycles. The lowest BCUT2D eigenvalue weighted by Gasteiger charge is -2.21. The van der Waals surface area contributed by atoms with Gasteiger partial charge in [0.25, 0.3) is 0 Å². The largest absolute Gasteiger partial charge is 0.493 e. The molecule has 210 valence electrons. The molecule has 6 heteroatoms. The van der Waals surface area contributed by atoms with Crippen molar-refractivity contribution in [1.82, 2.24) is 4.57 Å². The second-order valence-electron chi connectivity index (χ2n) is 10.8. The first-order chi connectivity index (χ1) is 19.8. The van der Waals surface area contributed by atoms with Gasteiger partial charge in [-0.2, -0.15) is 0 Å². The van der Waals surface area contributed by atoms with Gasteiger partial charge in [0.2, 0.25) is 0 Å². The summed E-state index contributed by atoms with van der Waals surface area (Å²) in [5, 5.41) is 12.5. The summed E-state index contributed by atoms with van der Waals surface area (Å²) in [5.74, 6) is 0.436. The van der Waals surface area contributed by atoms with Crippen LogP contribution in [-0.2, 0) is 17.8 Å². The fraction of sp³-hybridized carbons (Fsp3) is 0.257. The zero-order valence-electron chi connectivity index (χ0n) is 23.7. The maximum Gasteiger partial charge on any atom is 0.347 e. The fourth-order valence-corrected chi connectivity index (χ4v) is 5.11. The molecule has 5 aromatic rings. The Kier molecular flexibility index (Phi) is 8.11. The van der Waals surface area contributed by atoms with Crippen molar-refractivity contribution in [2.24, 2.45) is 0 Å². The number of carboxylic acid groups (broad SMARTS) is 1. The van der Waals surface area contributed by atoms with Crippen molar-refractivity contribution in [3.63, 3.8) is 0 Å². The van der Waals surface area contributed by atoms with Crippen LogP contribution in [0.4, 0.5) is 0 Å². The Bertz CT molecular complexity index is 1700. The molecule has 0 spiro atoms. The Labute approximate surface area is 240 Å². The van der Waals surface area contributed by atoms with Crippen LogP contribution in [0.3, 0.4) is 0 Å². The lowest BCUT2D eigenvalue weighted by molar-refractivity contribution is -0.152. The van der Waals surface area contributed by atoms with Gasteiger partial charge in [-0.25, -0.2) is 4.79 Å². The number of hydrogen-bond donors (Lipinski definition) is 1. The van der Waals surface area contributed by atoms with Crippen LogP contribution in [0.1, 0.15) is 55.1 Å². The molecular weight excluding hydrogens is 514 g/mol. The molecule has 0 bridgehead atoms. The Hall–Kier alpha value is -4.58. The number of carbonyl (C=O) groups excluding carboxylic acids is 1. The van der Waals surface area contributed by atoms with Crippen molar-refractivity contribution in [3.8, 4) is 11.5 Å². The second kappa shape index (κ2) is 11.9. The third-order valence-corrected chi connectivity index (χ3v) is 7.32. The number of benzene rings is 4. The molecule has 0 saturated heterocycles. The van der Waals surface area contributed by atoms with Crippen molar-refractivity contribution in [3.05, 3.63) is 108 Å². The molecule has 1 N–H and O–H groups in total. The second-order valence-corrected chi connectivity index (χ2v) is 10.8. The van der Waals surface area contributed by atoms with Gasteiger partial charge in [-0.05, 0) is 73.9 Å². The lowest BCUT2D eigenvalue weighted by Crippen LogP contribution is -2.37. The third-order valence-electron chi connectivity index (χ3n) is 7.32. The number of aryl methyl sites for hydroxylation is 2. The van der Waals surface area contributed by atoms with E-state index in [0.29, 0.717) is 23.5 Å². The fourth-order valence-electron chi connectivity index (χ4n) is 5.11. The summed E-state index contributed by atoms with van der Waals surface area (Å²) in [4.78, 5) is 24.4. The summed E-state index contributed by atoms with van der Waals surface area (Å²) >= 11 is 0. The Balaban J connectivity index is 1.26. The summed E-state index contributed by atoms with van der Waals surface area (Å²) < 4.78 is 14.1. The van der Waals surface area contributed by atoms with Crippen molar-refractivity contribution in [1.29, 1.82) is 0 Å².